The van der Waals surface area contributed by atoms with E-state index < -0.39 is 11.9 Å². The average Bonchev–Trinajstić information content (AvgIpc) is 3.69. The number of rotatable bonds is 12. The Morgan fingerprint density at radius 3 is 2.62 bits per heavy atom. The van der Waals surface area contributed by atoms with Gasteiger partial charge in [-0.15, -0.1) is 21.5 Å². The molecule has 1 fully saturated rings. The maximum absolute atomic E-state index is 13.0. The molecule has 1 saturated heterocycles. The zero-order chi connectivity index (χ0) is 27.9. The first-order valence-electron chi connectivity index (χ1n) is 12.7. The number of nitrogens with one attached hydrogen (secondary N) is 1. The summed E-state index contributed by atoms with van der Waals surface area (Å²) in [5.74, 6) is -0.798. The largest absolute Gasteiger partial charge is 0.462 e. The summed E-state index contributed by atoms with van der Waals surface area (Å²) in [6.45, 7) is 9.04. The van der Waals surface area contributed by atoms with E-state index >= 15 is 0 Å². The van der Waals surface area contributed by atoms with Gasteiger partial charge in [0.15, 0.2) is 11.0 Å². The average molecular weight is 577 g/mol. The highest BCUT2D eigenvalue weighted by molar-refractivity contribution is 7.99. The molecule has 4 rings (SSSR count). The molecule has 12 nitrogen and oxygen atoms in total. The van der Waals surface area contributed by atoms with E-state index in [0.29, 0.717) is 29.6 Å². The van der Waals surface area contributed by atoms with Crippen LogP contribution in [0.5, 0.6) is 0 Å². The second kappa shape index (κ2) is 13.2. The van der Waals surface area contributed by atoms with Crippen LogP contribution < -0.4 is 5.32 Å². The topological polar surface area (TPSA) is 139 Å². The highest BCUT2D eigenvalue weighted by Crippen LogP contribution is 2.34. The van der Waals surface area contributed by atoms with E-state index in [2.05, 4.69) is 20.6 Å². The van der Waals surface area contributed by atoms with E-state index in [9.17, 15) is 14.4 Å². The molecule has 39 heavy (non-hydrogen) atoms. The minimum atomic E-state index is -0.612. The minimum Gasteiger partial charge on any atom is -0.462 e. The Morgan fingerprint density at radius 1 is 1.18 bits per heavy atom. The summed E-state index contributed by atoms with van der Waals surface area (Å²) < 4.78 is 19.9. The first-order chi connectivity index (χ1) is 18.8. The number of esters is 2. The molecule has 210 valence electrons. The molecule has 0 spiro atoms. The van der Waals surface area contributed by atoms with Crippen molar-refractivity contribution in [2.24, 2.45) is 0 Å². The highest BCUT2D eigenvalue weighted by atomic mass is 32.2. The smallest absolute Gasteiger partial charge is 0.348 e. The lowest BCUT2D eigenvalue weighted by atomic mass is 10.1. The highest BCUT2D eigenvalue weighted by Gasteiger charge is 2.28. The summed E-state index contributed by atoms with van der Waals surface area (Å²) >= 11 is 2.23. The molecule has 0 aromatic carbocycles. The number of hydrogen-bond acceptors (Lipinski definition) is 11. The van der Waals surface area contributed by atoms with Gasteiger partial charge in [0.2, 0.25) is 5.91 Å². The van der Waals surface area contributed by atoms with E-state index in [0.717, 1.165) is 36.5 Å². The van der Waals surface area contributed by atoms with E-state index in [-0.39, 0.29) is 46.4 Å². The molecule has 1 atom stereocenters. The van der Waals surface area contributed by atoms with Gasteiger partial charge >= 0.3 is 11.9 Å². The summed E-state index contributed by atoms with van der Waals surface area (Å²) in [4.78, 5) is 38.3. The van der Waals surface area contributed by atoms with Crippen molar-refractivity contribution in [3.05, 3.63) is 39.8 Å². The van der Waals surface area contributed by atoms with Gasteiger partial charge in [0.1, 0.15) is 16.4 Å². The summed E-state index contributed by atoms with van der Waals surface area (Å²) in [6, 6.07) is 1.92. The molecule has 0 bridgehead atoms. The van der Waals surface area contributed by atoms with Crippen molar-refractivity contribution in [3.63, 3.8) is 0 Å². The summed E-state index contributed by atoms with van der Waals surface area (Å²) in [5.41, 5.74) is 1.47. The van der Waals surface area contributed by atoms with Crippen molar-refractivity contribution >= 4 is 45.9 Å². The van der Waals surface area contributed by atoms with Crippen molar-refractivity contribution in [1.29, 1.82) is 0 Å². The van der Waals surface area contributed by atoms with Crippen LogP contribution in [0.2, 0.25) is 0 Å². The third kappa shape index (κ3) is 7.05. The van der Waals surface area contributed by atoms with Crippen LogP contribution in [0.25, 0.3) is 0 Å². The molecule has 0 saturated carbocycles. The van der Waals surface area contributed by atoms with E-state index in [1.165, 1.54) is 11.8 Å². The van der Waals surface area contributed by atoms with Crippen molar-refractivity contribution in [3.8, 4) is 0 Å². The lowest BCUT2D eigenvalue weighted by molar-refractivity contribution is -0.113. The number of anilines is 1. The minimum absolute atomic E-state index is 0.0124. The fourth-order valence-corrected chi connectivity index (χ4v) is 6.02. The fourth-order valence-electron chi connectivity index (χ4n) is 4.15. The third-order valence-electron chi connectivity index (χ3n) is 5.95. The number of aryl methyl sites for hydroxylation is 1. The number of nitrogens with zero attached hydrogens (tertiary/aromatic N) is 5. The van der Waals surface area contributed by atoms with Crippen LogP contribution in [-0.4, -0.2) is 74.1 Å². The maximum Gasteiger partial charge on any atom is 0.348 e. The molecule has 4 heterocycles. The Labute approximate surface area is 234 Å². The number of carbonyl (C=O) groups is 3. The Bertz CT molecular complexity index is 1330. The molecule has 1 N–H and O–H groups in total. The van der Waals surface area contributed by atoms with Crippen LogP contribution in [0, 0.1) is 13.8 Å². The lowest BCUT2D eigenvalue weighted by Gasteiger charge is -2.14. The van der Waals surface area contributed by atoms with E-state index in [1.807, 2.05) is 23.8 Å². The van der Waals surface area contributed by atoms with Crippen LogP contribution in [0.1, 0.15) is 63.8 Å². The van der Waals surface area contributed by atoms with Crippen molar-refractivity contribution in [2.75, 3.05) is 30.9 Å². The fraction of sp³-hybridized carbons (Fsp3) is 0.520. The van der Waals surface area contributed by atoms with Gasteiger partial charge in [-0.05, 0) is 52.2 Å². The second-order valence-corrected chi connectivity index (χ2v) is 10.8. The SMILES string of the molecule is CCOC(=O)c1sc(NC(=O)CSc2nnc(Cn3ccc(C)n3)n2C[C@@H]2CCCO2)c(C(=O)OCC)c1C. The van der Waals surface area contributed by atoms with Crippen molar-refractivity contribution in [1.82, 2.24) is 24.5 Å². The molecular formula is C25H32N6O6S2. The van der Waals surface area contributed by atoms with Crippen LogP contribution in [0.15, 0.2) is 17.4 Å². The van der Waals surface area contributed by atoms with Crippen LogP contribution in [0.3, 0.4) is 0 Å². The predicted octanol–water partition coefficient (Wildman–Crippen LogP) is 3.46. The summed E-state index contributed by atoms with van der Waals surface area (Å²) in [5, 5.41) is 16.8. The molecule has 0 unspecified atom stereocenters. The lowest BCUT2D eigenvalue weighted by Crippen LogP contribution is -2.20. The quantitative estimate of drug-likeness (QED) is 0.252. The summed E-state index contributed by atoms with van der Waals surface area (Å²) in [7, 11) is 0. The number of amides is 1. The van der Waals surface area contributed by atoms with Gasteiger partial charge in [-0.25, -0.2) is 9.59 Å². The van der Waals surface area contributed by atoms with Crippen LogP contribution >= 0.6 is 23.1 Å². The molecule has 14 heteroatoms. The first kappa shape index (κ1) is 28.8. The summed E-state index contributed by atoms with van der Waals surface area (Å²) in [6.07, 6.45) is 3.88. The standard InChI is InChI=1S/C25H32N6O6S2/c1-5-35-23(33)20-16(4)21(24(34)36-6-2)39-22(20)26-19(32)14-38-25-28-27-18(13-30-10-9-15(3)29-30)31(25)12-17-8-7-11-37-17/h9-10,17H,5-8,11-14H2,1-4H3,(H,26,32)/t17-/m0/s1. The number of carbonyl (C=O) groups excluding carboxylic acids is 3. The van der Waals surface area contributed by atoms with Gasteiger partial charge in [-0.2, -0.15) is 5.10 Å². The Hall–Kier alpha value is -3.23. The second-order valence-electron chi connectivity index (χ2n) is 8.84. The molecule has 0 aliphatic carbocycles. The van der Waals surface area contributed by atoms with Gasteiger partial charge in [-0.1, -0.05) is 11.8 Å². The van der Waals surface area contributed by atoms with Gasteiger partial charge in [0.25, 0.3) is 0 Å². The maximum atomic E-state index is 13.0. The van der Waals surface area contributed by atoms with Gasteiger partial charge < -0.3 is 24.1 Å². The zero-order valence-corrected chi connectivity index (χ0v) is 24.0. The number of hydrogen-bond donors (Lipinski definition) is 1. The van der Waals surface area contributed by atoms with Gasteiger partial charge in [0.05, 0.1) is 42.9 Å². The van der Waals surface area contributed by atoms with Gasteiger partial charge in [-0.3, -0.25) is 9.48 Å². The Balaban J connectivity index is 1.50. The number of thiophene rings is 1. The van der Waals surface area contributed by atoms with E-state index in [1.54, 1.807) is 25.5 Å². The first-order valence-corrected chi connectivity index (χ1v) is 14.5. The molecular weight excluding hydrogens is 544 g/mol. The Kier molecular flexibility index (Phi) is 9.75. The molecule has 1 aliphatic heterocycles. The molecule has 3 aromatic heterocycles. The molecule has 0 radical (unpaired) electrons. The number of ether oxygens (including phenoxy) is 3. The number of aromatic nitrogens is 5. The Morgan fingerprint density at radius 2 is 1.95 bits per heavy atom. The monoisotopic (exact) mass is 576 g/mol. The van der Waals surface area contributed by atoms with Gasteiger partial charge in [0, 0.05) is 12.8 Å². The predicted molar refractivity (Wildman–Crippen MR) is 145 cm³/mol. The molecule has 1 aliphatic rings. The van der Waals surface area contributed by atoms with Crippen molar-refractivity contribution < 1.29 is 28.6 Å². The molecule has 1 amide bonds. The zero-order valence-electron chi connectivity index (χ0n) is 22.4. The van der Waals surface area contributed by atoms with Crippen LogP contribution in [0.4, 0.5) is 5.00 Å². The van der Waals surface area contributed by atoms with Crippen molar-refractivity contribution in [2.45, 2.75) is 64.9 Å². The molecule has 3 aromatic rings. The normalized spacial score (nSPS) is 14.9. The number of thioether (sulfide) groups is 1. The van der Waals surface area contributed by atoms with Crippen LogP contribution in [-0.2, 0) is 32.1 Å². The van der Waals surface area contributed by atoms with E-state index in [4.69, 9.17) is 14.2 Å². The third-order valence-corrected chi connectivity index (χ3v) is 8.11.